The van der Waals surface area contributed by atoms with Crippen LogP contribution >= 0.6 is 11.6 Å². The molecule has 0 fully saturated rings. The molecule has 2 N–H and O–H groups in total. The van der Waals surface area contributed by atoms with Gasteiger partial charge in [-0.25, -0.2) is 0 Å². The van der Waals surface area contributed by atoms with E-state index in [1.165, 1.54) is 0 Å². The van der Waals surface area contributed by atoms with Crippen molar-refractivity contribution in [3.05, 3.63) is 35.9 Å². The van der Waals surface area contributed by atoms with Crippen LogP contribution in [0.25, 0.3) is 0 Å². The van der Waals surface area contributed by atoms with E-state index in [1.807, 2.05) is 6.07 Å². The predicted molar refractivity (Wildman–Crippen MR) is 91.3 cm³/mol. The zero-order valence-corrected chi connectivity index (χ0v) is 20.8. The molecule has 0 radical (unpaired) electrons. The molecule has 0 aliphatic carbocycles. The molecule has 0 bridgehead atoms. The molecule has 1 unspecified atom stereocenters. The molecule has 8 heteroatoms. The molecule has 0 spiro atoms. The van der Waals surface area contributed by atoms with Crippen LogP contribution in [0.1, 0.15) is 26.3 Å². The minimum atomic E-state index is -1.40. The van der Waals surface area contributed by atoms with E-state index in [-0.39, 0.29) is 70.5 Å². The van der Waals surface area contributed by atoms with Crippen LogP contribution in [0.2, 0.25) is 0 Å². The van der Waals surface area contributed by atoms with Crippen molar-refractivity contribution in [2.24, 2.45) is 5.92 Å². The van der Waals surface area contributed by atoms with E-state index in [2.05, 4.69) is 31.4 Å². The summed E-state index contributed by atoms with van der Waals surface area (Å²) >= 11 is 5.38. The van der Waals surface area contributed by atoms with Gasteiger partial charge >= 0.3 is 58.2 Å². The Bertz CT molecular complexity index is 524. The number of nitrogens with one attached hydrogen (secondary N) is 2. The summed E-state index contributed by atoms with van der Waals surface area (Å²) in [6.45, 7) is 5.89. The predicted octanol–water partition coefficient (Wildman–Crippen LogP) is -2.51. The van der Waals surface area contributed by atoms with Gasteiger partial charge in [-0.05, 0) is 11.5 Å². The van der Waals surface area contributed by atoms with Crippen LogP contribution in [-0.4, -0.2) is 36.3 Å². The molecule has 0 saturated carbocycles. The van der Waals surface area contributed by atoms with Gasteiger partial charge in [-0.15, -0.1) is 11.6 Å². The fraction of sp³-hybridized carbons (Fsp3) is 0.471. The van der Waals surface area contributed by atoms with Gasteiger partial charge in [0.15, 0.2) is 0 Å². The zero-order valence-electron chi connectivity index (χ0n) is 15.2. The molecule has 1 rings (SSSR count). The quantitative estimate of drug-likeness (QED) is 0.457. The Morgan fingerprint density at radius 1 is 1.12 bits per heavy atom. The van der Waals surface area contributed by atoms with Gasteiger partial charge in [-0.1, -0.05) is 51.1 Å². The normalized spacial score (nSPS) is 10.6. The molecule has 2 amide bonds. The van der Waals surface area contributed by atoms with E-state index < -0.39 is 30.4 Å². The molecule has 0 saturated heterocycles. The maximum absolute atomic E-state index is 11.8. The zero-order chi connectivity index (χ0) is 18.5. The second-order valence-corrected chi connectivity index (χ2v) is 6.03. The van der Waals surface area contributed by atoms with Crippen molar-refractivity contribution in [2.75, 3.05) is 12.4 Å². The molecule has 0 aliphatic rings. The summed E-state index contributed by atoms with van der Waals surface area (Å²) in [5.74, 6) is -1.95. The molecule has 134 valence electrons. The molecular weight excluding hydrogens is 417 g/mol. The van der Waals surface area contributed by atoms with Crippen LogP contribution in [0.15, 0.2) is 30.3 Å². The Morgan fingerprint density at radius 2 is 1.64 bits per heavy atom. The van der Waals surface area contributed by atoms with Crippen molar-refractivity contribution in [2.45, 2.75) is 33.2 Å². The first-order chi connectivity index (χ1) is 11.3. The Balaban J connectivity index is 0. The van der Waals surface area contributed by atoms with Crippen molar-refractivity contribution >= 4 is 29.4 Å². The summed E-state index contributed by atoms with van der Waals surface area (Å²) in [6.07, 6.45) is 0.238. The topological polar surface area (TPSA) is 98.3 Å². The van der Waals surface area contributed by atoms with Crippen molar-refractivity contribution in [1.29, 1.82) is 0 Å². The number of amides is 2. The van der Waals surface area contributed by atoms with Crippen LogP contribution < -0.4 is 73.9 Å². The van der Waals surface area contributed by atoms with Crippen molar-refractivity contribution < 1.29 is 77.7 Å². The van der Waals surface area contributed by atoms with Gasteiger partial charge < -0.3 is 20.5 Å². The smallest absolute Gasteiger partial charge is 0.548 e. The number of aliphatic carboxylic acids is 1. The number of carbonyl (C=O) groups excluding carboxylic acids is 3. The molecule has 1 aromatic rings. The van der Waals surface area contributed by atoms with Gasteiger partial charge in [-0.3, -0.25) is 9.59 Å². The third kappa shape index (κ3) is 15.7. The third-order valence-electron chi connectivity index (χ3n) is 2.46. The second-order valence-electron chi connectivity index (χ2n) is 5.77. The first-order valence-corrected chi connectivity index (χ1v) is 8.16. The van der Waals surface area contributed by atoms with Crippen molar-refractivity contribution in [3.8, 4) is 0 Å². The summed E-state index contributed by atoms with van der Waals surface area (Å²) in [6, 6.07) is 8.14. The summed E-state index contributed by atoms with van der Waals surface area (Å²) in [4.78, 5) is 33.5. The third-order valence-corrected chi connectivity index (χ3v) is 2.71. The summed E-state index contributed by atoms with van der Waals surface area (Å²) < 4.78 is 0. The van der Waals surface area contributed by atoms with Gasteiger partial charge in [-0.2, -0.15) is 0 Å². The number of hydrogen-bond acceptors (Lipinski definition) is 4. The minimum Gasteiger partial charge on any atom is -0.548 e. The number of benzene rings is 1. The van der Waals surface area contributed by atoms with E-state index in [0.29, 0.717) is 0 Å². The standard InChI is InChI=1S/C13H15ClN2O4.C4H10.Rb/c14-7-11(17)16-10(13(20)15-8-12(18)19)6-9-4-2-1-3-5-9;1-4(2)3;/h1-5,10H,6-8H2,(H,15,20)(H,16,17)(H,18,19);4H,1-3H3;/q;;+1/p-1. The number of rotatable bonds is 7. The molecule has 0 aliphatic heterocycles. The Labute approximate surface area is 202 Å². The molecule has 25 heavy (non-hydrogen) atoms. The Morgan fingerprint density at radius 3 is 2.08 bits per heavy atom. The first kappa shape index (κ1) is 26.9. The average Bonchev–Trinajstić information content (AvgIpc) is 2.52. The molecule has 0 aromatic heterocycles. The van der Waals surface area contributed by atoms with Crippen LogP contribution in [0.3, 0.4) is 0 Å². The molecule has 1 atom stereocenters. The SMILES string of the molecule is CC(C)C.O=C([O-])CNC(=O)C(Cc1ccccc1)NC(=O)CCl.[Rb+]. The number of carboxylic acid groups (broad SMARTS) is 1. The van der Waals surface area contributed by atoms with Gasteiger partial charge in [0.1, 0.15) is 11.9 Å². The summed E-state index contributed by atoms with van der Waals surface area (Å²) in [5.41, 5.74) is 0.830. The summed E-state index contributed by atoms with van der Waals surface area (Å²) in [7, 11) is 0. The second kappa shape index (κ2) is 15.9. The Kier molecular flexibility index (Phi) is 17.2. The maximum Gasteiger partial charge on any atom is 1.00 e. The fourth-order valence-corrected chi connectivity index (χ4v) is 1.65. The van der Waals surface area contributed by atoms with Gasteiger partial charge in [0.05, 0.1) is 12.5 Å². The largest absolute Gasteiger partial charge is 1.00 e. The Hall–Kier alpha value is -0.275. The number of carboxylic acids is 1. The van der Waals surface area contributed by atoms with E-state index in [9.17, 15) is 19.5 Å². The minimum absolute atomic E-state index is 0. The molecule has 6 nitrogen and oxygen atoms in total. The molecule has 0 heterocycles. The summed E-state index contributed by atoms with van der Waals surface area (Å²) in [5, 5.41) is 14.9. The van der Waals surface area contributed by atoms with Crippen LogP contribution in [0, 0.1) is 5.92 Å². The van der Waals surface area contributed by atoms with Crippen LogP contribution in [-0.2, 0) is 20.8 Å². The fourth-order valence-electron chi connectivity index (χ4n) is 1.57. The van der Waals surface area contributed by atoms with E-state index in [0.717, 1.165) is 11.5 Å². The number of halogens is 1. The molecular formula is C17H24ClN2O4Rb. The first-order valence-electron chi connectivity index (χ1n) is 7.63. The molecule has 1 aromatic carbocycles. The van der Waals surface area contributed by atoms with Crippen LogP contribution in [0.4, 0.5) is 0 Å². The van der Waals surface area contributed by atoms with E-state index in [1.54, 1.807) is 24.3 Å². The van der Waals surface area contributed by atoms with Crippen LogP contribution in [0.5, 0.6) is 0 Å². The monoisotopic (exact) mass is 440 g/mol. The maximum atomic E-state index is 11.8. The van der Waals surface area contributed by atoms with E-state index >= 15 is 0 Å². The van der Waals surface area contributed by atoms with Crippen molar-refractivity contribution in [3.63, 3.8) is 0 Å². The average molecular weight is 441 g/mol. The number of alkyl halides is 1. The number of hydrogen-bond donors (Lipinski definition) is 2. The van der Waals surface area contributed by atoms with E-state index in [4.69, 9.17) is 11.6 Å². The van der Waals surface area contributed by atoms with Gasteiger partial charge in [0, 0.05) is 6.42 Å². The van der Waals surface area contributed by atoms with Crippen molar-refractivity contribution in [1.82, 2.24) is 10.6 Å². The van der Waals surface area contributed by atoms with Gasteiger partial charge in [0.25, 0.3) is 0 Å². The number of carbonyl (C=O) groups is 3. The van der Waals surface area contributed by atoms with Gasteiger partial charge in [0.2, 0.25) is 11.8 Å².